The van der Waals surface area contributed by atoms with Crippen molar-refractivity contribution in [2.75, 3.05) is 0 Å². The van der Waals surface area contributed by atoms with E-state index < -0.39 is 11.6 Å². The molecule has 102 valence electrons. The summed E-state index contributed by atoms with van der Waals surface area (Å²) in [7, 11) is 1.81. The second-order valence-electron chi connectivity index (χ2n) is 4.21. The largest absolute Gasteiger partial charge is 0.276 e. The van der Waals surface area contributed by atoms with Crippen LogP contribution in [0.25, 0.3) is 0 Å². The molecule has 0 radical (unpaired) electrons. The van der Waals surface area contributed by atoms with E-state index in [-0.39, 0.29) is 10.5 Å². The first-order valence-corrected chi connectivity index (χ1v) is 6.39. The number of nitrogens with zero attached hydrogens (tertiary/aromatic N) is 2. The molecule has 0 aliphatic rings. The molecule has 4 nitrogen and oxygen atoms in total. The normalized spacial score (nSPS) is 12.7. The maximum Gasteiger partial charge on any atom is 0.173 e. The third-order valence-corrected chi connectivity index (χ3v) is 3.65. The topological polar surface area (TPSA) is 55.9 Å². The molecule has 7 heteroatoms. The van der Waals surface area contributed by atoms with Gasteiger partial charge in [0.1, 0.15) is 0 Å². The molecule has 1 heterocycles. The van der Waals surface area contributed by atoms with Crippen LogP contribution in [0.5, 0.6) is 0 Å². The summed E-state index contributed by atoms with van der Waals surface area (Å²) in [4.78, 5) is 0. The lowest BCUT2D eigenvalue weighted by Crippen LogP contribution is -2.30. The van der Waals surface area contributed by atoms with E-state index in [0.717, 1.165) is 11.6 Å². The molecule has 0 aliphatic heterocycles. The number of nitrogens with two attached hydrogens (primary N) is 1. The van der Waals surface area contributed by atoms with Crippen molar-refractivity contribution in [3.05, 3.63) is 51.8 Å². The number of halogens is 3. The molecular weight excluding hydrogens is 318 g/mol. The van der Waals surface area contributed by atoms with Gasteiger partial charge in [-0.3, -0.25) is 16.0 Å². The van der Waals surface area contributed by atoms with Crippen LogP contribution in [0, 0.1) is 11.6 Å². The Morgan fingerprint density at radius 3 is 2.79 bits per heavy atom. The zero-order valence-corrected chi connectivity index (χ0v) is 11.8. The number of benzene rings is 1. The minimum atomic E-state index is -0.913. The minimum absolute atomic E-state index is 0.0827. The fourth-order valence-electron chi connectivity index (χ4n) is 1.88. The van der Waals surface area contributed by atoms with Crippen molar-refractivity contribution >= 4 is 15.9 Å². The van der Waals surface area contributed by atoms with Crippen LogP contribution < -0.4 is 11.3 Å². The van der Waals surface area contributed by atoms with Crippen molar-refractivity contribution in [2.24, 2.45) is 12.9 Å². The highest BCUT2D eigenvalue weighted by atomic mass is 79.9. The standard InChI is InChI=1S/C12H13BrF2N4/c1-19-6-7(5-17-19)4-10(18-16)8-2-3-9(14)12(15)11(8)13/h2-3,5-6,10,18H,4,16H2,1H3. The molecule has 2 rings (SSSR count). The highest BCUT2D eigenvalue weighted by molar-refractivity contribution is 9.10. The van der Waals surface area contributed by atoms with E-state index >= 15 is 0 Å². The van der Waals surface area contributed by atoms with Crippen LogP contribution in [0.15, 0.2) is 29.0 Å². The summed E-state index contributed by atoms with van der Waals surface area (Å²) < 4.78 is 28.4. The van der Waals surface area contributed by atoms with E-state index in [4.69, 9.17) is 5.84 Å². The van der Waals surface area contributed by atoms with E-state index in [2.05, 4.69) is 26.5 Å². The molecule has 0 saturated heterocycles. The third-order valence-electron chi connectivity index (χ3n) is 2.84. The van der Waals surface area contributed by atoms with E-state index in [1.165, 1.54) is 6.07 Å². The lowest BCUT2D eigenvalue weighted by Gasteiger charge is -2.17. The fraction of sp³-hybridized carbons (Fsp3) is 0.250. The number of nitrogens with one attached hydrogen (secondary N) is 1. The number of aryl methyl sites for hydroxylation is 1. The summed E-state index contributed by atoms with van der Waals surface area (Å²) >= 11 is 3.06. The van der Waals surface area contributed by atoms with Crippen LogP contribution in [0.1, 0.15) is 17.2 Å². The number of hydrazine groups is 1. The maximum absolute atomic E-state index is 13.5. The van der Waals surface area contributed by atoms with Gasteiger partial charge in [0.2, 0.25) is 0 Å². The predicted octanol–water partition coefficient (Wildman–Crippen LogP) is 2.21. The van der Waals surface area contributed by atoms with E-state index in [1.54, 1.807) is 10.9 Å². The minimum Gasteiger partial charge on any atom is -0.276 e. The molecule has 0 spiro atoms. The Morgan fingerprint density at radius 2 is 2.21 bits per heavy atom. The van der Waals surface area contributed by atoms with Gasteiger partial charge in [-0.25, -0.2) is 8.78 Å². The average molecular weight is 331 g/mol. The van der Waals surface area contributed by atoms with Crippen molar-refractivity contribution in [3.8, 4) is 0 Å². The first-order valence-electron chi connectivity index (χ1n) is 5.60. The average Bonchev–Trinajstić information content (AvgIpc) is 2.80. The molecule has 2 aromatic rings. The van der Waals surface area contributed by atoms with Crippen molar-refractivity contribution in [2.45, 2.75) is 12.5 Å². The first-order chi connectivity index (χ1) is 9.02. The molecule has 1 unspecified atom stereocenters. The highest BCUT2D eigenvalue weighted by Crippen LogP contribution is 2.29. The lowest BCUT2D eigenvalue weighted by atomic mass is 10.0. The molecule has 0 fully saturated rings. The monoisotopic (exact) mass is 330 g/mol. The van der Waals surface area contributed by atoms with Crippen LogP contribution in [0.2, 0.25) is 0 Å². The molecule has 0 aliphatic carbocycles. The van der Waals surface area contributed by atoms with Gasteiger partial charge in [0.25, 0.3) is 0 Å². The molecule has 1 atom stereocenters. The molecule has 1 aromatic heterocycles. The summed E-state index contributed by atoms with van der Waals surface area (Å²) in [6, 6.07) is 2.25. The number of hydrogen-bond donors (Lipinski definition) is 2. The quantitative estimate of drug-likeness (QED) is 0.513. The number of aromatic nitrogens is 2. The zero-order valence-electron chi connectivity index (χ0n) is 10.2. The molecule has 0 saturated carbocycles. The van der Waals surface area contributed by atoms with Crippen molar-refractivity contribution < 1.29 is 8.78 Å². The van der Waals surface area contributed by atoms with Gasteiger partial charge in [-0.2, -0.15) is 5.10 Å². The summed E-state index contributed by atoms with van der Waals surface area (Å²) in [6.07, 6.45) is 4.07. The summed E-state index contributed by atoms with van der Waals surface area (Å²) in [5.74, 6) is 3.69. The number of hydrogen-bond acceptors (Lipinski definition) is 3. The molecule has 1 aromatic carbocycles. The first kappa shape index (κ1) is 14.1. The summed E-state index contributed by atoms with van der Waals surface area (Å²) in [5, 5.41) is 4.05. The molecular formula is C12H13BrF2N4. The Hall–Kier alpha value is -1.31. The Labute approximate surface area is 117 Å². The second-order valence-corrected chi connectivity index (χ2v) is 5.00. The van der Waals surface area contributed by atoms with Crippen molar-refractivity contribution in [1.29, 1.82) is 0 Å². The van der Waals surface area contributed by atoms with E-state index in [0.29, 0.717) is 12.0 Å². The van der Waals surface area contributed by atoms with Gasteiger partial charge >= 0.3 is 0 Å². The van der Waals surface area contributed by atoms with Gasteiger partial charge in [0.05, 0.1) is 16.7 Å². The van der Waals surface area contributed by atoms with Gasteiger partial charge in [0.15, 0.2) is 11.6 Å². The van der Waals surface area contributed by atoms with E-state index in [1.807, 2.05) is 13.2 Å². The maximum atomic E-state index is 13.5. The molecule has 3 N–H and O–H groups in total. The van der Waals surface area contributed by atoms with Crippen LogP contribution in [-0.2, 0) is 13.5 Å². The van der Waals surface area contributed by atoms with Gasteiger partial charge in [-0.1, -0.05) is 6.07 Å². The van der Waals surface area contributed by atoms with E-state index in [9.17, 15) is 8.78 Å². The zero-order chi connectivity index (χ0) is 14.0. The predicted molar refractivity (Wildman–Crippen MR) is 71.0 cm³/mol. The van der Waals surface area contributed by atoms with Gasteiger partial charge < -0.3 is 0 Å². The lowest BCUT2D eigenvalue weighted by molar-refractivity contribution is 0.491. The Morgan fingerprint density at radius 1 is 1.47 bits per heavy atom. The fourth-order valence-corrected chi connectivity index (χ4v) is 2.48. The Bertz CT molecular complexity index is 585. The summed E-state index contributed by atoms with van der Waals surface area (Å²) in [5.41, 5.74) is 4.11. The molecule has 0 bridgehead atoms. The van der Waals surface area contributed by atoms with Crippen molar-refractivity contribution in [1.82, 2.24) is 15.2 Å². The smallest absolute Gasteiger partial charge is 0.173 e. The Balaban J connectivity index is 2.29. The summed E-state index contributed by atoms with van der Waals surface area (Å²) in [6.45, 7) is 0. The van der Waals surface area contributed by atoms with Gasteiger partial charge in [0, 0.05) is 13.2 Å². The Kier molecular flexibility index (Phi) is 4.28. The van der Waals surface area contributed by atoms with Crippen LogP contribution in [-0.4, -0.2) is 9.78 Å². The second kappa shape index (κ2) is 5.77. The van der Waals surface area contributed by atoms with Gasteiger partial charge in [-0.15, -0.1) is 0 Å². The molecule has 19 heavy (non-hydrogen) atoms. The van der Waals surface area contributed by atoms with Gasteiger partial charge in [-0.05, 0) is 39.5 Å². The SMILES string of the molecule is Cn1cc(CC(NN)c2ccc(F)c(F)c2Br)cn1. The molecule has 0 amide bonds. The highest BCUT2D eigenvalue weighted by Gasteiger charge is 2.19. The third kappa shape index (κ3) is 2.99. The van der Waals surface area contributed by atoms with Crippen LogP contribution in [0.4, 0.5) is 8.78 Å². The van der Waals surface area contributed by atoms with Crippen LogP contribution in [0.3, 0.4) is 0 Å². The van der Waals surface area contributed by atoms with Crippen molar-refractivity contribution in [3.63, 3.8) is 0 Å². The van der Waals surface area contributed by atoms with Crippen LogP contribution >= 0.6 is 15.9 Å². The number of rotatable bonds is 4.